The Morgan fingerprint density at radius 1 is 1.58 bits per heavy atom. The van der Waals surface area contributed by atoms with Gasteiger partial charge in [0.05, 0.1) is 0 Å². The van der Waals surface area contributed by atoms with Gasteiger partial charge in [-0.25, -0.2) is 9.59 Å². The van der Waals surface area contributed by atoms with Crippen molar-refractivity contribution in [3.05, 3.63) is 0 Å². The first-order chi connectivity index (χ1) is 8.97. The van der Waals surface area contributed by atoms with E-state index in [2.05, 4.69) is 10.6 Å². The minimum atomic E-state index is -1.49. The monoisotopic (exact) mass is 273 g/mol. The molecule has 108 valence electrons. The van der Waals surface area contributed by atoms with Gasteiger partial charge in [0, 0.05) is 26.1 Å². The molecule has 2 atom stereocenters. The van der Waals surface area contributed by atoms with Crippen molar-refractivity contribution in [2.75, 3.05) is 19.6 Å². The van der Waals surface area contributed by atoms with Gasteiger partial charge in [-0.3, -0.25) is 4.79 Å². The van der Waals surface area contributed by atoms with Crippen LogP contribution in [0, 0.1) is 0 Å². The number of amides is 3. The number of nitrogens with zero attached hydrogens (tertiary/aromatic N) is 1. The van der Waals surface area contributed by atoms with Gasteiger partial charge in [0.15, 0.2) is 6.10 Å². The lowest BCUT2D eigenvalue weighted by atomic mass is 10.1. The van der Waals surface area contributed by atoms with Gasteiger partial charge in [0.25, 0.3) is 0 Å². The van der Waals surface area contributed by atoms with E-state index in [-0.39, 0.29) is 18.9 Å². The molecule has 1 fully saturated rings. The van der Waals surface area contributed by atoms with Crippen LogP contribution in [0.25, 0.3) is 0 Å². The fourth-order valence-electron chi connectivity index (χ4n) is 1.90. The van der Waals surface area contributed by atoms with E-state index in [4.69, 9.17) is 10.2 Å². The summed E-state index contributed by atoms with van der Waals surface area (Å²) in [4.78, 5) is 35.2. The van der Waals surface area contributed by atoms with E-state index in [0.717, 1.165) is 0 Å². The summed E-state index contributed by atoms with van der Waals surface area (Å²) in [5, 5.41) is 22.7. The maximum Gasteiger partial charge on any atom is 0.332 e. The van der Waals surface area contributed by atoms with E-state index >= 15 is 0 Å². The third-order valence-corrected chi connectivity index (χ3v) is 2.96. The van der Waals surface area contributed by atoms with Crippen molar-refractivity contribution in [3.8, 4) is 0 Å². The van der Waals surface area contributed by atoms with Crippen LogP contribution >= 0.6 is 0 Å². The van der Waals surface area contributed by atoms with Gasteiger partial charge in [-0.1, -0.05) is 6.92 Å². The van der Waals surface area contributed by atoms with Gasteiger partial charge in [0.1, 0.15) is 6.04 Å². The second-order valence-corrected chi connectivity index (χ2v) is 4.28. The lowest BCUT2D eigenvalue weighted by Crippen LogP contribution is -2.59. The summed E-state index contributed by atoms with van der Waals surface area (Å²) in [6.07, 6.45) is -1.05. The molecule has 2 unspecified atom stereocenters. The van der Waals surface area contributed by atoms with E-state index in [1.807, 2.05) is 6.92 Å². The van der Waals surface area contributed by atoms with Crippen LogP contribution in [0.1, 0.15) is 19.8 Å². The van der Waals surface area contributed by atoms with Crippen LogP contribution in [-0.2, 0) is 9.59 Å². The highest BCUT2D eigenvalue weighted by molar-refractivity contribution is 5.88. The Balaban J connectivity index is 2.43. The molecular formula is C11H19N3O5. The van der Waals surface area contributed by atoms with Crippen LogP contribution < -0.4 is 10.6 Å². The lowest BCUT2D eigenvalue weighted by Gasteiger charge is -2.34. The van der Waals surface area contributed by atoms with Gasteiger partial charge in [-0.2, -0.15) is 0 Å². The molecule has 3 amide bonds. The highest BCUT2D eigenvalue weighted by Gasteiger charge is 2.31. The number of aliphatic hydroxyl groups is 1. The van der Waals surface area contributed by atoms with Crippen LogP contribution in [0.5, 0.6) is 0 Å². The number of carbonyl (C=O) groups is 3. The summed E-state index contributed by atoms with van der Waals surface area (Å²) >= 11 is 0. The normalized spacial score (nSPS) is 20.6. The Morgan fingerprint density at radius 2 is 2.26 bits per heavy atom. The zero-order valence-corrected chi connectivity index (χ0v) is 10.8. The van der Waals surface area contributed by atoms with Crippen molar-refractivity contribution in [1.29, 1.82) is 0 Å². The molecular weight excluding hydrogens is 254 g/mol. The highest BCUT2D eigenvalue weighted by atomic mass is 16.4. The van der Waals surface area contributed by atoms with Crippen molar-refractivity contribution in [2.45, 2.75) is 31.9 Å². The van der Waals surface area contributed by atoms with Crippen molar-refractivity contribution in [1.82, 2.24) is 15.5 Å². The number of urea groups is 1. The molecule has 1 saturated heterocycles. The van der Waals surface area contributed by atoms with Gasteiger partial charge < -0.3 is 25.7 Å². The number of piperazine rings is 1. The average molecular weight is 273 g/mol. The number of aliphatic carboxylic acids is 1. The minimum absolute atomic E-state index is 0.0425. The fourth-order valence-corrected chi connectivity index (χ4v) is 1.90. The van der Waals surface area contributed by atoms with Crippen LogP contribution in [0.3, 0.4) is 0 Å². The topological polar surface area (TPSA) is 119 Å². The molecule has 8 heteroatoms. The van der Waals surface area contributed by atoms with Crippen LogP contribution in [0.4, 0.5) is 4.79 Å². The lowest BCUT2D eigenvalue weighted by molar-refractivity contribution is -0.146. The number of aliphatic hydroxyl groups excluding tert-OH is 1. The molecule has 8 nitrogen and oxygen atoms in total. The maximum atomic E-state index is 11.9. The van der Waals surface area contributed by atoms with E-state index in [1.54, 1.807) is 0 Å². The Kier molecular flexibility index (Phi) is 5.56. The molecule has 1 aliphatic rings. The van der Waals surface area contributed by atoms with E-state index < -0.39 is 24.1 Å². The number of carboxylic acids is 1. The second kappa shape index (κ2) is 6.93. The molecule has 1 aliphatic heterocycles. The van der Waals surface area contributed by atoms with Crippen LogP contribution in [-0.4, -0.2) is 64.8 Å². The zero-order chi connectivity index (χ0) is 14.4. The number of nitrogens with one attached hydrogen (secondary N) is 2. The summed E-state index contributed by atoms with van der Waals surface area (Å²) in [5.41, 5.74) is 0. The molecule has 1 rings (SSSR count). The molecule has 0 bridgehead atoms. The zero-order valence-electron chi connectivity index (χ0n) is 10.8. The van der Waals surface area contributed by atoms with Gasteiger partial charge >= 0.3 is 12.0 Å². The third-order valence-electron chi connectivity index (χ3n) is 2.96. The largest absolute Gasteiger partial charge is 0.479 e. The summed E-state index contributed by atoms with van der Waals surface area (Å²) in [6.45, 7) is 2.67. The minimum Gasteiger partial charge on any atom is -0.479 e. The Hall–Kier alpha value is -1.83. The molecule has 19 heavy (non-hydrogen) atoms. The molecule has 0 radical (unpaired) electrons. The number of carboxylic acid groups (broad SMARTS) is 1. The fraction of sp³-hybridized carbons (Fsp3) is 0.727. The summed E-state index contributed by atoms with van der Waals surface area (Å²) < 4.78 is 0. The van der Waals surface area contributed by atoms with E-state index in [9.17, 15) is 14.4 Å². The van der Waals surface area contributed by atoms with E-state index in [0.29, 0.717) is 19.5 Å². The molecule has 0 aliphatic carbocycles. The maximum absolute atomic E-state index is 11.9. The van der Waals surface area contributed by atoms with Crippen molar-refractivity contribution < 1.29 is 24.6 Å². The molecule has 0 aromatic heterocycles. The SMILES string of the molecule is CCC1C(=O)NCCN1C(=O)NCCC(O)C(=O)O. The quantitative estimate of drug-likeness (QED) is 0.498. The predicted octanol–water partition coefficient (Wildman–Crippen LogP) is -1.26. The highest BCUT2D eigenvalue weighted by Crippen LogP contribution is 2.08. The molecule has 0 aromatic carbocycles. The molecule has 1 heterocycles. The summed E-state index contributed by atoms with van der Waals surface area (Å²) in [5.74, 6) is -1.51. The predicted molar refractivity (Wildman–Crippen MR) is 65.5 cm³/mol. The number of hydrogen-bond donors (Lipinski definition) is 4. The second-order valence-electron chi connectivity index (χ2n) is 4.28. The van der Waals surface area contributed by atoms with Crippen molar-refractivity contribution >= 4 is 17.9 Å². The average Bonchev–Trinajstić information content (AvgIpc) is 2.37. The Morgan fingerprint density at radius 3 is 2.84 bits per heavy atom. The van der Waals surface area contributed by atoms with E-state index in [1.165, 1.54) is 4.90 Å². The first kappa shape index (κ1) is 15.2. The van der Waals surface area contributed by atoms with Crippen molar-refractivity contribution in [2.24, 2.45) is 0 Å². The van der Waals surface area contributed by atoms with Gasteiger partial charge in [0.2, 0.25) is 5.91 Å². The number of rotatable bonds is 5. The Bertz CT molecular complexity index is 360. The van der Waals surface area contributed by atoms with Gasteiger partial charge in [-0.15, -0.1) is 0 Å². The first-order valence-electron chi connectivity index (χ1n) is 6.20. The van der Waals surface area contributed by atoms with Crippen LogP contribution in [0.2, 0.25) is 0 Å². The van der Waals surface area contributed by atoms with Gasteiger partial charge in [-0.05, 0) is 6.42 Å². The third kappa shape index (κ3) is 4.09. The number of carbonyl (C=O) groups excluding carboxylic acids is 2. The summed E-state index contributed by atoms with van der Waals surface area (Å²) in [6, 6.07) is -0.919. The molecule has 0 aromatic rings. The molecule has 4 N–H and O–H groups in total. The van der Waals surface area contributed by atoms with Crippen LogP contribution in [0.15, 0.2) is 0 Å². The first-order valence-corrected chi connectivity index (χ1v) is 6.20. The van der Waals surface area contributed by atoms with Crippen molar-refractivity contribution in [3.63, 3.8) is 0 Å². The molecule has 0 saturated carbocycles. The number of hydrogen-bond acceptors (Lipinski definition) is 4. The molecule has 0 spiro atoms. The summed E-state index contributed by atoms with van der Waals surface area (Å²) in [7, 11) is 0. The Labute approximate surface area is 110 Å². The standard InChI is InChI=1S/C11H19N3O5/c1-2-7-9(16)12-5-6-14(7)11(19)13-4-3-8(15)10(17)18/h7-8,15H,2-6H2,1H3,(H,12,16)(H,13,19)(H,17,18). The smallest absolute Gasteiger partial charge is 0.332 e.